The number of ether oxygens (including phenoxy) is 4. The van der Waals surface area contributed by atoms with Crippen LogP contribution >= 0.6 is 0 Å². The number of carbonyl (C=O) groups excluding carboxylic acids is 1. The summed E-state index contributed by atoms with van der Waals surface area (Å²) in [5.41, 5.74) is 7.41. The summed E-state index contributed by atoms with van der Waals surface area (Å²) in [7, 11) is 4.98. The van der Waals surface area contributed by atoms with E-state index in [-0.39, 0.29) is 12.6 Å². The van der Waals surface area contributed by atoms with Gasteiger partial charge in [0, 0.05) is 6.20 Å². The molecule has 6 nitrogen and oxygen atoms in total. The molecule has 0 spiro atoms. The molecule has 0 aliphatic rings. The van der Waals surface area contributed by atoms with Crippen molar-refractivity contribution in [2.45, 2.75) is 40.7 Å². The highest BCUT2D eigenvalue weighted by atomic mass is 16.5. The van der Waals surface area contributed by atoms with E-state index in [1.165, 1.54) is 0 Å². The number of nitrogens with one attached hydrogen (secondary N) is 1. The molecule has 0 fully saturated rings. The van der Waals surface area contributed by atoms with Crippen LogP contribution in [0.1, 0.15) is 51.9 Å². The van der Waals surface area contributed by atoms with Crippen molar-refractivity contribution >= 4 is 11.5 Å². The Hall–Kier alpha value is -3.93. The molecule has 0 saturated carbocycles. The summed E-state index contributed by atoms with van der Waals surface area (Å²) in [6.07, 6.45) is 1.74. The van der Waals surface area contributed by atoms with Crippen molar-refractivity contribution < 1.29 is 23.7 Å². The van der Waals surface area contributed by atoms with Crippen molar-refractivity contribution in [1.82, 2.24) is 5.32 Å². The fraction of sp³-hybridized carbons (Fsp3) is 0.323. The normalized spacial score (nSPS) is 11.3. The van der Waals surface area contributed by atoms with Crippen molar-refractivity contribution in [2.24, 2.45) is 0 Å². The number of rotatable bonds is 10. The minimum atomic E-state index is -0.400. The Labute approximate surface area is 220 Å². The Morgan fingerprint density at radius 3 is 1.62 bits per heavy atom. The molecule has 0 unspecified atom stereocenters. The molecular weight excluding hydrogens is 466 g/mol. The lowest BCUT2D eigenvalue weighted by atomic mass is 9.92. The van der Waals surface area contributed by atoms with Gasteiger partial charge in [0.2, 0.25) is 0 Å². The van der Waals surface area contributed by atoms with Gasteiger partial charge in [-0.3, -0.25) is 0 Å². The number of esters is 1. The monoisotopic (exact) mass is 503 g/mol. The first kappa shape index (κ1) is 27.7. The second-order valence-corrected chi connectivity index (χ2v) is 8.98. The molecule has 0 amide bonds. The van der Waals surface area contributed by atoms with Crippen molar-refractivity contribution in [3.8, 4) is 17.2 Å². The Balaban J connectivity index is 2.15. The number of benzene rings is 3. The second-order valence-electron chi connectivity index (χ2n) is 8.98. The molecule has 0 aliphatic heterocycles. The van der Waals surface area contributed by atoms with Gasteiger partial charge in [-0.1, -0.05) is 12.1 Å². The number of methoxy groups -OCH3 is 3. The lowest BCUT2D eigenvalue weighted by Crippen LogP contribution is -2.20. The van der Waals surface area contributed by atoms with Crippen LogP contribution < -0.4 is 19.5 Å². The third kappa shape index (κ3) is 6.26. The highest BCUT2D eigenvalue weighted by Gasteiger charge is 2.20. The van der Waals surface area contributed by atoms with Gasteiger partial charge >= 0.3 is 5.97 Å². The van der Waals surface area contributed by atoms with Crippen LogP contribution in [-0.4, -0.2) is 33.9 Å². The van der Waals surface area contributed by atoms with Crippen LogP contribution in [-0.2, 0) is 9.53 Å². The summed E-state index contributed by atoms with van der Waals surface area (Å²) in [5, 5.41) is 3.53. The number of hydrogen-bond donors (Lipinski definition) is 1. The van der Waals surface area contributed by atoms with Crippen molar-refractivity contribution in [2.75, 3.05) is 27.9 Å². The van der Waals surface area contributed by atoms with Gasteiger partial charge in [0.15, 0.2) is 0 Å². The minimum Gasteiger partial charge on any atom is -0.497 e. The van der Waals surface area contributed by atoms with E-state index in [1.54, 1.807) is 34.5 Å². The standard InChI is InChI=1S/C31H37NO5/c1-9-37-31(33)27(23-10-12-26(34-6)13-11-23)18-32-28(24-14-19(2)29(35-7)20(3)15-24)25-16-21(4)30(36-8)22(5)17-25/h10-18,28,32H,9H2,1-8H3/b27-18+. The topological polar surface area (TPSA) is 66.0 Å². The van der Waals surface area contributed by atoms with Crippen LogP contribution in [0.4, 0.5) is 0 Å². The molecule has 3 rings (SSSR count). The van der Waals surface area contributed by atoms with Gasteiger partial charge in [0.05, 0.1) is 39.6 Å². The van der Waals surface area contributed by atoms with Crippen LogP contribution in [0.2, 0.25) is 0 Å². The summed E-state index contributed by atoms with van der Waals surface area (Å²) in [6.45, 7) is 10.2. The van der Waals surface area contributed by atoms with Gasteiger partial charge < -0.3 is 24.3 Å². The fourth-order valence-corrected chi connectivity index (χ4v) is 4.74. The summed E-state index contributed by atoms with van der Waals surface area (Å²) < 4.78 is 21.9. The third-order valence-corrected chi connectivity index (χ3v) is 6.33. The maximum absolute atomic E-state index is 13.0. The predicted molar refractivity (Wildman–Crippen MR) is 148 cm³/mol. The van der Waals surface area contributed by atoms with E-state index < -0.39 is 5.97 Å². The zero-order valence-electron chi connectivity index (χ0n) is 23.0. The summed E-state index contributed by atoms with van der Waals surface area (Å²) >= 11 is 0. The van der Waals surface area contributed by atoms with Gasteiger partial charge in [-0.05, 0) is 110 Å². The van der Waals surface area contributed by atoms with E-state index in [9.17, 15) is 4.79 Å². The maximum atomic E-state index is 13.0. The van der Waals surface area contributed by atoms with Crippen molar-refractivity contribution in [3.63, 3.8) is 0 Å². The molecule has 37 heavy (non-hydrogen) atoms. The fourth-order valence-electron chi connectivity index (χ4n) is 4.74. The second kappa shape index (κ2) is 12.3. The molecule has 6 heteroatoms. The quantitative estimate of drug-likeness (QED) is 0.261. The van der Waals surface area contributed by atoms with Crippen LogP contribution in [0.5, 0.6) is 17.2 Å². The Bertz CT molecular complexity index is 1170. The molecule has 0 saturated heterocycles. The van der Waals surface area contributed by atoms with E-state index in [0.29, 0.717) is 11.3 Å². The van der Waals surface area contributed by atoms with Crippen LogP contribution in [0.3, 0.4) is 0 Å². The molecule has 0 bridgehead atoms. The lowest BCUT2D eigenvalue weighted by Gasteiger charge is -2.23. The van der Waals surface area contributed by atoms with E-state index in [1.807, 2.05) is 52.0 Å². The lowest BCUT2D eigenvalue weighted by molar-refractivity contribution is -0.136. The van der Waals surface area contributed by atoms with Gasteiger partial charge in [-0.15, -0.1) is 0 Å². The molecule has 0 atom stereocenters. The first-order valence-electron chi connectivity index (χ1n) is 12.3. The Kier molecular flexibility index (Phi) is 9.23. The van der Waals surface area contributed by atoms with Crippen molar-refractivity contribution in [1.29, 1.82) is 0 Å². The SMILES string of the molecule is CCOC(=O)/C(=C/NC(c1cc(C)c(OC)c(C)c1)c1cc(C)c(OC)c(C)c1)c1ccc(OC)cc1. The van der Waals surface area contributed by atoms with Crippen LogP contribution in [0.25, 0.3) is 5.57 Å². The molecule has 0 heterocycles. The van der Waals surface area contributed by atoms with Crippen LogP contribution in [0.15, 0.2) is 54.7 Å². The highest BCUT2D eigenvalue weighted by Crippen LogP contribution is 2.34. The van der Waals surface area contributed by atoms with E-state index in [0.717, 1.165) is 50.4 Å². The molecule has 1 N–H and O–H groups in total. The number of carbonyl (C=O) groups is 1. The number of aryl methyl sites for hydroxylation is 4. The average Bonchev–Trinajstić information content (AvgIpc) is 2.86. The smallest absolute Gasteiger partial charge is 0.340 e. The molecule has 3 aromatic rings. The first-order valence-corrected chi connectivity index (χ1v) is 12.3. The van der Waals surface area contributed by atoms with Gasteiger partial charge in [-0.25, -0.2) is 4.79 Å². The van der Waals surface area contributed by atoms with Crippen LogP contribution in [0, 0.1) is 27.7 Å². The molecule has 0 aromatic heterocycles. The Morgan fingerprint density at radius 2 is 1.24 bits per heavy atom. The van der Waals surface area contributed by atoms with Crippen molar-refractivity contribution in [3.05, 3.63) is 93.7 Å². The zero-order chi connectivity index (χ0) is 27.1. The summed E-state index contributed by atoms with van der Waals surface area (Å²) in [6, 6.07) is 15.6. The van der Waals surface area contributed by atoms with Gasteiger partial charge in [0.1, 0.15) is 17.2 Å². The maximum Gasteiger partial charge on any atom is 0.340 e. The summed E-state index contributed by atoms with van der Waals surface area (Å²) in [5.74, 6) is 2.05. The third-order valence-electron chi connectivity index (χ3n) is 6.33. The largest absolute Gasteiger partial charge is 0.497 e. The van der Waals surface area contributed by atoms with E-state index >= 15 is 0 Å². The molecule has 0 aliphatic carbocycles. The van der Waals surface area contributed by atoms with Gasteiger partial charge in [-0.2, -0.15) is 0 Å². The summed E-state index contributed by atoms with van der Waals surface area (Å²) in [4.78, 5) is 13.0. The first-order chi connectivity index (χ1) is 17.7. The van der Waals surface area contributed by atoms with E-state index in [2.05, 4.69) is 29.6 Å². The molecular formula is C31H37NO5. The predicted octanol–water partition coefficient (Wildman–Crippen LogP) is 6.23. The van der Waals surface area contributed by atoms with Gasteiger partial charge in [0.25, 0.3) is 0 Å². The molecule has 3 aromatic carbocycles. The molecule has 196 valence electrons. The Morgan fingerprint density at radius 1 is 0.784 bits per heavy atom. The van der Waals surface area contributed by atoms with E-state index in [4.69, 9.17) is 18.9 Å². The average molecular weight is 504 g/mol. The highest BCUT2D eigenvalue weighted by molar-refractivity contribution is 6.16. The zero-order valence-corrected chi connectivity index (χ0v) is 23.0. The molecule has 0 radical (unpaired) electrons. The minimum absolute atomic E-state index is 0.241. The number of hydrogen-bond acceptors (Lipinski definition) is 6.